The highest BCUT2D eigenvalue weighted by Crippen LogP contribution is 2.66. The Morgan fingerprint density at radius 1 is 1.03 bits per heavy atom. The topological polar surface area (TPSA) is 48.0 Å². The number of hydrogen-bond donors (Lipinski definition) is 0. The molecule has 0 amide bonds. The highest BCUT2D eigenvalue weighted by Gasteiger charge is 2.54. The zero-order chi connectivity index (χ0) is 25.0. The Bertz CT molecular complexity index is 810. The third-order valence-electron chi connectivity index (χ3n) is 8.44. The lowest BCUT2D eigenvalue weighted by Crippen LogP contribution is -2.43. The van der Waals surface area contributed by atoms with Crippen molar-refractivity contribution < 1.29 is 18.0 Å². The first-order valence-corrected chi connectivity index (χ1v) is 17.7. The van der Waals surface area contributed by atoms with Gasteiger partial charge in [0.2, 0.25) is 0 Å². The molecule has 2 atom stereocenters. The molecule has 2 fully saturated rings. The van der Waals surface area contributed by atoms with E-state index in [0.29, 0.717) is 25.0 Å². The van der Waals surface area contributed by atoms with Crippen LogP contribution in [0.25, 0.3) is 0 Å². The van der Waals surface area contributed by atoms with Crippen LogP contribution in [-0.2, 0) is 18.0 Å². The Labute approximate surface area is 209 Å². The third kappa shape index (κ3) is 6.07. The van der Waals surface area contributed by atoms with Crippen LogP contribution in [0.3, 0.4) is 0 Å². The molecule has 0 spiro atoms. The Kier molecular flexibility index (Phi) is 9.31. The zero-order valence-corrected chi connectivity index (χ0v) is 24.5. The summed E-state index contributed by atoms with van der Waals surface area (Å²) in [5.74, 6) is 0.844. The van der Waals surface area contributed by atoms with Crippen LogP contribution in [0, 0.1) is 5.92 Å². The maximum absolute atomic E-state index is 14.0. The molecule has 194 valence electrons. The molecule has 0 radical (unpaired) electrons. The molecule has 0 N–H and O–H groups in total. The Morgan fingerprint density at radius 2 is 1.62 bits per heavy atom. The van der Waals surface area contributed by atoms with Crippen LogP contribution in [0.2, 0.25) is 18.1 Å². The van der Waals surface area contributed by atoms with Crippen LogP contribution in [-0.4, -0.2) is 57.8 Å². The molecule has 3 rings (SSSR count). The van der Waals surface area contributed by atoms with Crippen molar-refractivity contribution in [3.63, 3.8) is 0 Å². The highest BCUT2D eigenvalue weighted by atomic mass is 31.2. The molecule has 5 nitrogen and oxygen atoms in total. The molecule has 34 heavy (non-hydrogen) atoms. The van der Waals surface area contributed by atoms with E-state index in [1.807, 2.05) is 13.8 Å². The Hall–Kier alpha value is -0.493. The van der Waals surface area contributed by atoms with E-state index in [9.17, 15) is 4.57 Å². The molecule has 1 saturated carbocycles. The largest absolute Gasteiger partial charge is 0.416 e. The van der Waals surface area contributed by atoms with Gasteiger partial charge in [0.1, 0.15) is 0 Å². The van der Waals surface area contributed by atoms with Gasteiger partial charge in [0.05, 0.1) is 18.4 Å². The Balaban J connectivity index is 1.82. The number of benzene rings is 1. The van der Waals surface area contributed by atoms with Crippen molar-refractivity contribution in [1.82, 2.24) is 4.90 Å². The molecule has 7 heteroatoms. The van der Waals surface area contributed by atoms with Crippen molar-refractivity contribution in [2.75, 3.05) is 39.5 Å². The summed E-state index contributed by atoms with van der Waals surface area (Å²) in [7, 11) is -5.02. The van der Waals surface area contributed by atoms with Crippen LogP contribution in [0.4, 0.5) is 0 Å². The van der Waals surface area contributed by atoms with Gasteiger partial charge in [0.25, 0.3) is 0 Å². The van der Waals surface area contributed by atoms with Gasteiger partial charge < -0.3 is 18.4 Å². The van der Waals surface area contributed by atoms with E-state index in [2.05, 4.69) is 69.1 Å². The lowest BCUT2D eigenvalue weighted by Gasteiger charge is -2.39. The first kappa shape index (κ1) is 28.1. The van der Waals surface area contributed by atoms with Crippen molar-refractivity contribution in [1.29, 1.82) is 0 Å². The minimum atomic E-state index is -3.19. The number of rotatable bonds is 11. The minimum absolute atomic E-state index is 0.197. The van der Waals surface area contributed by atoms with E-state index in [1.165, 1.54) is 5.56 Å². The molecule has 0 aromatic heterocycles. The first-order chi connectivity index (χ1) is 16.0. The second-order valence-electron chi connectivity index (χ2n) is 11.8. The van der Waals surface area contributed by atoms with E-state index in [1.54, 1.807) is 0 Å². The van der Waals surface area contributed by atoms with Crippen molar-refractivity contribution in [2.45, 2.75) is 89.5 Å². The first-order valence-electron chi connectivity index (χ1n) is 13.3. The molecule has 1 aromatic carbocycles. The lowest BCUT2D eigenvalue weighted by atomic mass is 9.90. The van der Waals surface area contributed by atoms with E-state index >= 15 is 0 Å². The molecular formula is C27H48NO4PSi. The average molecular weight is 510 g/mol. The molecule has 2 aliphatic rings. The van der Waals surface area contributed by atoms with Crippen molar-refractivity contribution in [3.05, 3.63) is 35.9 Å². The van der Waals surface area contributed by atoms with Crippen LogP contribution < -0.4 is 0 Å². The minimum Gasteiger partial charge on any atom is -0.416 e. The number of nitrogens with zero attached hydrogens (tertiary/aromatic N) is 1. The summed E-state index contributed by atoms with van der Waals surface area (Å²) >= 11 is 0. The maximum atomic E-state index is 14.0. The van der Waals surface area contributed by atoms with Gasteiger partial charge in [0.15, 0.2) is 8.32 Å². The van der Waals surface area contributed by atoms with Crippen LogP contribution in [0.15, 0.2) is 30.3 Å². The van der Waals surface area contributed by atoms with Crippen LogP contribution in [0.5, 0.6) is 0 Å². The van der Waals surface area contributed by atoms with Crippen molar-refractivity contribution in [3.8, 4) is 0 Å². The molecule has 1 saturated heterocycles. The third-order valence-corrected chi connectivity index (χ3v) is 15.9. The summed E-state index contributed by atoms with van der Waals surface area (Å²) in [6.07, 6.45) is 4.03. The summed E-state index contributed by atoms with van der Waals surface area (Å²) < 4.78 is 32.6. The van der Waals surface area contributed by atoms with Gasteiger partial charge in [-0.15, -0.1) is 0 Å². The van der Waals surface area contributed by atoms with E-state index in [4.69, 9.17) is 13.5 Å². The molecule has 1 aromatic rings. The Morgan fingerprint density at radius 3 is 2.15 bits per heavy atom. The normalized spacial score (nSPS) is 24.1. The second kappa shape index (κ2) is 11.3. The van der Waals surface area contributed by atoms with Crippen LogP contribution in [0.1, 0.15) is 71.8 Å². The number of likely N-dealkylation sites (tertiary alicyclic amines) is 1. The van der Waals surface area contributed by atoms with Gasteiger partial charge in [-0.2, -0.15) is 0 Å². The lowest BCUT2D eigenvalue weighted by molar-refractivity contribution is 0.173. The average Bonchev–Trinajstić information content (AvgIpc) is 3.41. The van der Waals surface area contributed by atoms with Crippen molar-refractivity contribution >= 4 is 15.9 Å². The highest BCUT2D eigenvalue weighted by molar-refractivity contribution is 7.55. The van der Waals surface area contributed by atoms with E-state index in [-0.39, 0.29) is 5.04 Å². The van der Waals surface area contributed by atoms with Gasteiger partial charge in [-0.3, -0.25) is 4.57 Å². The quantitative estimate of drug-likeness (QED) is 0.231. The molecule has 1 aliphatic heterocycles. The molecule has 0 bridgehead atoms. The summed E-state index contributed by atoms with van der Waals surface area (Å²) in [6, 6.07) is 10.9. The summed E-state index contributed by atoms with van der Waals surface area (Å²) in [6.45, 7) is 19.8. The van der Waals surface area contributed by atoms with Gasteiger partial charge in [-0.25, -0.2) is 0 Å². The zero-order valence-electron chi connectivity index (χ0n) is 22.6. The van der Waals surface area contributed by atoms with Crippen molar-refractivity contribution in [2.24, 2.45) is 5.92 Å². The molecular weight excluding hydrogens is 461 g/mol. The number of hydrogen-bond acceptors (Lipinski definition) is 5. The summed E-state index contributed by atoms with van der Waals surface area (Å²) in [5, 5.41) is -0.196. The van der Waals surface area contributed by atoms with Gasteiger partial charge in [0, 0.05) is 38.1 Å². The van der Waals surface area contributed by atoms with Crippen LogP contribution >= 0.6 is 7.60 Å². The van der Waals surface area contributed by atoms with Gasteiger partial charge in [-0.05, 0) is 50.4 Å². The monoisotopic (exact) mass is 509 g/mol. The van der Waals surface area contributed by atoms with E-state index in [0.717, 1.165) is 51.9 Å². The van der Waals surface area contributed by atoms with Gasteiger partial charge >= 0.3 is 7.60 Å². The molecule has 1 aliphatic carbocycles. The molecule has 1 heterocycles. The fraction of sp³-hybridized carbons (Fsp3) is 0.778. The van der Waals surface area contributed by atoms with E-state index < -0.39 is 21.1 Å². The maximum Gasteiger partial charge on any atom is 0.338 e. The fourth-order valence-electron chi connectivity index (χ4n) is 5.49. The standard InChI is InChI=1S/C27H48NO4PSi/c1-8-30-33(29,31-9-2)27(17-13-14-18-27)22-28-19-24(21-32-34(6,7)26(3,4)5)25(20-28)23-15-11-10-12-16-23/h10-12,15-16,24-25H,8-9,13-14,17-22H2,1-7H3/t24-,25-/m1/s1. The second-order valence-corrected chi connectivity index (χ2v) is 19.1. The predicted molar refractivity (Wildman–Crippen MR) is 144 cm³/mol. The summed E-state index contributed by atoms with van der Waals surface area (Å²) in [5.41, 5.74) is 1.38. The van der Waals surface area contributed by atoms with Gasteiger partial charge in [-0.1, -0.05) is 63.9 Å². The SMILES string of the molecule is CCOP(=O)(OCC)C1(CN2C[C@H](CO[Si](C)(C)C(C)(C)C)[C@@H](c3ccccc3)C2)CCCC1. The molecule has 0 unspecified atom stereocenters. The smallest absolute Gasteiger partial charge is 0.338 e. The fourth-order valence-corrected chi connectivity index (χ4v) is 9.09. The predicted octanol–water partition coefficient (Wildman–Crippen LogP) is 7.30. The summed E-state index contributed by atoms with van der Waals surface area (Å²) in [4.78, 5) is 2.54.